The summed E-state index contributed by atoms with van der Waals surface area (Å²) in [5.74, 6) is 1.80. The van der Waals surface area contributed by atoms with Crippen molar-refractivity contribution < 1.29 is 9.53 Å². The molecule has 3 heterocycles. The molecule has 28 heavy (non-hydrogen) atoms. The van der Waals surface area contributed by atoms with Gasteiger partial charge in [0.25, 0.3) is 0 Å². The summed E-state index contributed by atoms with van der Waals surface area (Å²) in [6.45, 7) is 5.84. The average Bonchev–Trinajstić information content (AvgIpc) is 2.71. The lowest BCUT2D eigenvalue weighted by atomic mass is 9.83. The summed E-state index contributed by atoms with van der Waals surface area (Å²) in [7, 11) is 1.72. The van der Waals surface area contributed by atoms with Crippen LogP contribution in [0.25, 0.3) is 0 Å². The lowest BCUT2D eigenvalue weighted by Gasteiger charge is -2.47. The first-order chi connectivity index (χ1) is 13.6. The molecule has 1 aromatic heterocycles. The van der Waals surface area contributed by atoms with Crippen LogP contribution in [0.4, 0.5) is 0 Å². The standard InChI is InChI=1S/C23H29N3O2/c1-17-12-18(5-7-22(17)28-2)14-25-11-9-21-20(16-25)6-8-23(27)26(21)15-19-4-3-10-24-13-19/h3-5,7,10,12-13,20-21H,6,8-9,11,14-16H2,1-2H3/t20-,21+/m1/s1. The number of carbonyl (C=O) groups excluding carboxylic acids is 1. The number of amides is 1. The number of piperidine rings is 2. The van der Waals surface area contributed by atoms with E-state index in [0.717, 1.165) is 43.8 Å². The number of ether oxygens (including phenoxy) is 1. The molecule has 0 bridgehead atoms. The van der Waals surface area contributed by atoms with E-state index in [1.807, 2.05) is 12.3 Å². The zero-order valence-electron chi connectivity index (χ0n) is 16.8. The largest absolute Gasteiger partial charge is 0.496 e. The molecule has 2 saturated heterocycles. The van der Waals surface area contributed by atoms with Crippen molar-refractivity contribution in [3.05, 3.63) is 59.4 Å². The molecular formula is C23H29N3O2. The number of hydrogen-bond donors (Lipinski definition) is 0. The Labute approximate surface area is 167 Å². The molecule has 2 aliphatic rings. The Morgan fingerprint density at radius 2 is 2.07 bits per heavy atom. The molecule has 0 saturated carbocycles. The number of aryl methyl sites for hydroxylation is 1. The monoisotopic (exact) mass is 379 g/mol. The van der Waals surface area contributed by atoms with Gasteiger partial charge in [0.2, 0.25) is 5.91 Å². The molecule has 0 radical (unpaired) electrons. The highest BCUT2D eigenvalue weighted by Crippen LogP contribution is 2.33. The molecule has 0 spiro atoms. The van der Waals surface area contributed by atoms with E-state index < -0.39 is 0 Å². The minimum atomic E-state index is 0.296. The highest BCUT2D eigenvalue weighted by molar-refractivity contribution is 5.77. The normalized spacial score (nSPS) is 22.8. The van der Waals surface area contributed by atoms with Gasteiger partial charge in [-0.3, -0.25) is 14.7 Å². The molecule has 5 nitrogen and oxygen atoms in total. The van der Waals surface area contributed by atoms with Crippen LogP contribution in [0.1, 0.15) is 36.0 Å². The van der Waals surface area contributed by atoms with Gasteiger partial charge < -0.3 is 9.64 Å². The molecule has 4 rings (SSSR count). The fourth-order valence-electron chi connectivity index (χ4n) is 4.76. The van der Waals surface area contributed by atoms with Crippen molar-refractivity contribution >= 4 is 5.91 Å². The van der Waals surface area contributed by atoms with Gasteiger partial charge in [-0.15, -0.1) is 0 Å². The first-order valence-electron chi connectivity index (χ1n) is 10.2. The van der Waals surface area contributed by atoms with E-state index in [-0.39, 0.29) is 0 Å². The number of aromatic nitrogens is 1. The summed E-state index contributed by atoms with van der Waals surface area (Å²) in [5.41, 5.74) is 3.63. The number of likely N-dealkylation sites (tertiary alicyclic amines) is 2. The summed E-state index contributed by atoms with van der Waals surface area (Å²) in [6, 6.07) is 10.8. The zero-order valence-corrected chi connectivity index (χ0v) is 16.8. The summed E-state index contributed by atoms with van der Waals surface area (Å²) < 4.78 is 5.38. The Bertz CT molecular complexity index is 824. The second-order valence-corrected chi connectivity index (χ2v) is 8.08. The Hall–Kier alpha value is -2.40. The number of pyridine rings is 1. The van der Waals surface area contributed by atoms with Gasteiger partial charge in [0, 0.05) is 51.0 Å². The number of benzene rings is 1. The van der Waals surface area contributed by atoms with E-state index in [4.69, 9.17) is 4.74 Å². The molecule has 0 N–H and O–H groups in total. The number of rotatable bonds is 5. The van der Waals surface area contributed by atoms with Gasteiger partial charge in [-0.2, -0.15) is 0 Å². The Kier molecular flexibility index (Phi) is 5.62. The van der Waals surface area contributed by atoms with Gasteiger partial charge in [-0.05, 0) is 54.5 Å². The average molecular weight is 380 g/mol. The van der Waals surface area contributed by atoms with Gasteiger partial charge in [0.05, 0.1) is 7.11 Å². The highest BCUT2D eigenvalue weighted by atomic mass is 16.5. The Morgan fingerprint density at radius 3 is 2.82 bits per heavy atom. The molecule has 0 aliphatic carbocycles. The third-order valence-electron chi connectivity index (χ3n) is 6.17. The van der Waals surface area contributed by atoms with Crippen LogP contribution in [0.5, 0.6) is 5.75 Å². The highest BCUT2D eigenvalue weighted by Gasteiger charge is 2.39. The SMILES string of the molecule is COc1ccc(CN2CC[C@H]3[C@H](CCC(=O)N3Cc3cccnc3)C2)cc1C. The van der Waals surface area contributed by atoms with Crippen molar-refractivity contribution in [2.75, 3.05) is 20.2 Å². The van der Waals surface area contributed by atoms with Crippen molar-refractivity contribution in [3.63, 3.8) is 0 Å². The van der Waals surface area contributed by atoms with Crippen LogP contribution in [-0.4, -0.2) is 46.9 Å². The maximum absolute atomic E-state index is 12.6. The third-order valence-corrected chi connectivity index (χ3v) is 6.17. The van der Waals surface area contributed by atoms with Crippen molar-refractivity contribution in [1.29, 1.82) is 0 Å². The maximum Gasteiger partial charge on any atom is 0.223 e. The number of hydrogen-bond acceptors (Lipinski definition) is 4. The van der Waals surface area contributed by atoms with Gasteiger partial charge in [-0.25, -0.2) is 0 Å². The predicted octanol–water partition coefficient (Wildman–Crippen LogP) is 3.41. The first-order valence-corrected chi connectivity index (χ1v) is 10.2. The van der Waals surface area contributed by atoms with Crippen molar-refractivity contribution in [1.82, 2.24) is 14.8 Å². The van der Waals surface area contributed by atoms with E-state index in [0.29, 0.717) is 30.8 Å². The van der Waals surface area contributed by atoms with Gasteiger partial charge in [0.15, 0.2) is 0 Å². The van der Waals surface area contributed by atoms with Crippen LogP contribution in [0.3, 0.4) is 0 Å². The molecule has 2 fully saturated rings. The van der Waals surface area contributed by atoms with E-state index in [9.17, 15) is 4.79 Å². The molecule has 2 aliphatic heterocycles. The molecule has 2 aromatic rings. The van der Waals surface area contributed by atoms with Crippen LogP contribution in [0.15, 0.2) is 42.7 Å². The van der Waals surface area contributed by atoms with Crippen LogP contribution in [0.2, 0.25) is 0 Å². The van der Waals surface area contributed by atoms with E-state index in [2.05, 4.69) is 46.0 Å². The van der Waals surface area contributed by atoms with E-state index in [1.54, 1.807) is 13.3 Å². The fraction of sp³-hybridized carbons (Fsp3) is 0.478. The zero-order chi connectivity index (χ0) is 19.5. The molecule has 2 atom stereocenters. The van der Waals surface area contributed by atoms with Crippen molar-refractivity contribution in [2.24, 2.45) is 5.92 Å². The maximum atomic E-state index is 12.6. The minimum absolute atomic E-state index is 0.296. The molecule has 1 aromatic carbocycles. The number of nitrogens with zero attached hydrogens (tertiary/aromatic N) is 3. The van der Waals surface area contributed by atoms with Crippen molar-refractivity contribution in [3.8, 4) is 5.75 Å². The first kappa shape index (κ1) is 18.9. The Morgan fingerprint density at radius 1 is 1.18 bits per heavy atom. The van der Waals surface area contributed by atoms with Crippen LogP contribution >= 0.6 is 0 Å². The predicted molar refractivity (Wildman–Crippen MR) is 109 cm³/mol. The summed E-state index contributed by atoms with van der Waals surface area (Å²) >= 11 is 0. The molecule has 5 heteroatoms. The second kappa shape index (κ2) is 8.31. The van der Waals surface area contributed by atoms with Gasteiger partial charge >= 0.3 is 0 Å². The van der Waals surface area contributed by atoms with E-state index >= 15 is 0 Å². The van der Waals surface area contributed by atoms with Crippen LogP contribution in [0, 0.1) is 12.8 Å². The topological polar surface area (TPSA) is 45.7 Å². The summed E-state index contributed by atoms with van der Waals surface area (Å²) in [6.07, 6.45) is 6.37. The summed E-state index contributed by atoms with van der Waals surface area (Å²) in [5, 5.41) is 0. The van der Waals surface area contributed by atoms with Gasteiger partial charge in [-0.1, -0.05) is 18.2 Å². The van der Waals surface area contributed by atoms with Crippen molar-refractivity contribution in [2.45, 2.75) is 45.3 Å². The molecular weight excluding hydrogens is 350 g/mol. The van der Waals surface area contributed by atoms with Gasteiger partial charge in [0.1, 0.15) is 5.75 Å². The summed E-state index contributed by atoms with van der Waals surface area (Å²) in [4.78, 5) is 21.5. The quantitative estimate of drug-likeness (QED) is 0.799. The lowest BCUT2D eigenvalue weighted by Crippen LogP contribution is -2.55. The van der Waals surface area contributed by atoms with Crippen LogP contribution in [-0.2, 0) is 17.9 Å². The fourth-order valence-corrected chi connectivity index (χ4v) is 4.76. The number of methoxy groups -OCH3 is 1. The Balaban J connectivity index is 1.41. The second-order valence-electron chi connectivity index (χ2n) is 8.08. The minimum Gasteiger partial charge on any atom is -0.496 e. The molecule has 148 valence electrons. The van der Waals surface area contributed by atoms with Crippen LogP contribution < -0.4 is 4.74 Å². The number of fused-ring (bicyclic) bond motifs is 1. The number of carbonyl (C=O) groups is 1. The van der Waals surface area contributed by atoms with E-state index in [1.165, 1.54) is 11.1 Å². The molecule has 1 amide bonds. The smallest absolute Gasteiger partial charge is 0.223 e. The molecule has 0 unspecified atom stereocenters. The third kappa shape index (κ3) is 4.04. The lowest BCUT2D eigenvalue weighted by molar-refractivity contribution is -0.142.